The second-order valence-corrected chi connectivity index (χ2v) is 8.04. The fourth-order valence-electron chi connectivity index (χ4n) is 5.55. The first-order valence-corrected chi connectivity index (χ1v) is 8.97. The summed E-state index contributed by atoms with van der Waals surface area (Å²) in [5.41, 5.74) is -0.243. The molecule has 0 unspecified atom stereocenters. The van der Waals surface area contributed by atoms with Gasteiger partial charge in [0.05, 0.1) is 12.3 Å². The molecule has 5 heteroatoms. The molecule has 0 amide bonds. The van der Waals surface area contributed by atoms with Crippen LogP contribution in [0.1, 0.15) is 50.7 Å². The molecule has 0 atom stereocenters. The molecule has 23 heavy (non-hydrogen) atoms. The van der Waals surface area contributed by atoms with Gasteiger partial charge in [-0.3, -0.25) is 9.59 Å². The van der Waals surface area contributed by atoms with Gasteiger partial charge in [0.15, 0.2) is 0 Å². The first-order valence-electron chi connectivity index (χ1n) is 8.44. The lowest BCUT2D eigenvalue weighted by atomic mass is 9.49. The molecule has 0 N–H and O–H groups in total. The van der Waals surface area contributed by atoms with Gasteiger partial charge in [-0.05, 0) is 61.7 Å². The van der Waals surface area contributed by atoms with E-state index in [-0.39, 0.29) is 28.4 Å². The summed E-state index contributed by atoms with van der Waals surface area (Å²) in [6.07, 6.45) is 9.09. The number of ether oxygens (including phenoxy) is 1. The maximum atomic E-state index is 12.4. The molecule has 0 aliphatic heterocycles. The smallest absolute Gasteiger partial charge is 0.311 e. The summed E-state index contributed by atoms with van der Waals surface area (Å²) in [6, 6.07) is 1.28. The van der Waals surface area contributed by atoms with Gasteiger partial charge in [-0.25, -0.2) is 0 Å². The fraction of sp³-hybridized carbons (Fsp3) is 0.667. The van der Waals surface area contributed by atoms with Crippen molar-refractivity contribution < 1.29 is 13.9 Å². The lowest BCUT2D eigenvalue weighted by Crippen LogP contribution is -2.47. The van der Waals surface area contributed by atoms with Crippen LogP contribution in [0.5, 0.6) is 5.75 Å². The zero-order chi connectivity index (χ0) is 16.0. The fourth-order valence-corrected chi connectivity index (χ4v) is 5.69. The largest absolute Gasteiger partial charge is 0.464 e. The number of hydrogen-bond acceptors (Lipinski definition) is 4. The molecule has 0 saturated heterocycles. The Bertz CT molecular complexity index is 643. The van der Waals surface area contributed by atoms with Crippen LogP contribution in [0.4, 0.5) is 0 Å². The Hall–Kier alpha value is -1.29. The maximum absolute atomic E-state index is 12.4. The van der Waals surface area contributed by atoms with Gasteiger partial charge in [0.1, 0.15) is 12.0 Å². The first-order chi connectivity index (χ1) is 11.0. The van der Waals surface area contributed by atoms with Gasteiger partial charge >= 0.3 is 5.97 Å². The highest BCUT2D eigenvalue weighted by atomic mass is 35.5. The number of halogens is 1. The zero-order valence-corrected chi connectivity index (χ0v) is 13.8. The SMILES string of the molecule is O=C(CC12CC3CC(CC(C3)C1)C2)Oc1coc(CCl)cc1=O. The normalized spacial score (nSPS) is 34.6. The topological polar surface area (TPSA) is 56.5 Å². The minimum Gasteiger partial charge on any atom is -0.464 e. The third kappa shape index (κ3) is 2.93. The monoisotopic (exact) mass is 336 g/mol. The van der Waals surface area contributed by atoms with E-state index < -0.39 is 0 Å². The van der Waals surface area contributed by atoms with Crippen molar-refractivity contribution in [3.63, 3.8) is 0 Å². The van der Waals surface area contributed by atoms with Crippen LogP contribution in [-0.4, -0.2) is 5.97 Å². The van der Waals surface area contributed by atoms with Crippen LogP contribution >= 0.6 is 11.6 Å². The second kappa shape index (κ2) is 5.66. The van der Waals surface area contributed by atoms with E-state index in [0.29, 0.717) is 12.2 Å². The van der Waals surface area contributed by atoms with E-state index in [1.54, 1.807) is 0 Å². The van der Waals surface area contributed by atoms with Crippen LogP contribution in [-0.2, 0) is 10.7 Å². The van der Waals surface area contributed by atoms with Gasteiger partial charge in [0, 0.05) is 6.07 Å². The number of alkyl halides is 1. The van der Waals surface area contributed by atoms with Crippen molar-refractivity contribution in [1.82, 2.24) is 0 Å². The highest BCUT2D eigenvalue weighted by molar-refractivity contribution is 6.16. The molecule has 4 aliphatic carbocycles. The summed E-state index contributed by atoms with van der Waals surface area (Å²) < 4.78 is 10.5. The van der Waals surface area contributed by atoms with Gasteiger partial charge in [-0.2, -0.15) is 0 Å². The number of carbonyl (C=O) groups excluding carboxylic acids is 1. The lowest BCUT2D eigenvalue weighted by Gasteiger charge is -2.56. The van der Waals surface area contributed by atoms with Crippen LogP contribution in [0.3, 0.4) is 0 Å². The van der Waals surface area contributed by atoms with E-state index in [9.17, 15) is 9.59 Å². The Morgan fingerprint density at radius 3 is 2.35 bits per heavy atom. The minimum absolute atomic E-state index is 0.0337. The molecule has 5 rings (SSSR count). The van der Waals surface area contributed by atoms with Crippen LogP contribution in [0, 0.1) is 23.2 Å². The summed E-state index contributed by atoms with van der Waals surface area (Å²) in [7, 11) is 0. The molecule has 1 heterocycles. The molecule has 4 fully saturated rings. The van der Waals surface area contributed by atoms with Crippen molar-refractivity contribution in [2.75, 3.05) is 0 Å². The summed E-state index contributed by atoms with van der Waals surface area (Å²) in [6.45, 7) is 0. The average Bonchev–Trinajstić information content (AvgIpc) is 2.47. The number of carbonyl (C=O) groups is 1. The quantitative estimate of drug-likeness (QED) is 0.618. The molecule has 4 aliphatic rings. The summed E-state index contributed by atoms with van der Waals surface area (Å²) >= 11 is 5.62. The summed E-state index contributed by atoms with van der Waals surface area (Å²) in [5, 5.41) is 0. The third-order valence-electron chi connectivity index (χ3n) is 5.89. The predicted octanol–water partition coefficient (Wildman–Crippen LogP) is 3.89. The molecule has 0 radical (unpaired) electrons. The first kappa shape index (κ1) is 15.3. The minimum atomic E-state index is -0.356. The second-order valence-electron chi connectivity index (χ2n) is 7.78. The van der Waals surface area contributed by atoms with E-state index in [2.05, 4.69) is 0 Å². The van der Waals surface area contributed by atoms with Crippen LogP contribution < -0.4 is 10.2 Å². The highest BCUT2D eigenvalue weighted by Gasteiger charge is 2.51. The lowest BCUT2D eigenvalue weighted by molar-refractivity contribution is -0.143. The van der Waals surface area contributed by atoms with Gasteiger partial charge in [0.2, 0.25) is 11.2 Å². The molecule has 124 valence electrons. The Balaban J connectivity index is 1.45. The molecule has 1 aromatic rings. The number of esters is 1. The van der Waals surface area contributed by atoms with Crippen molar-refractivity contribution in [3.05, 3.63) is 28.3 Å². The summed E-state index contributed by atoms with van der Waals surface area (Å²) in [5.74, 6) is 2.53. The third-order valence-corrected chi connectivity index (χ3v) is 6.16. The van der Waals surface area contributed by atoms with Crippen molar-refractivity contribution in [3.8, 4) is 5.75 Å². The zero-order valence-electron chi connectivity index (χ0n) is 13.1. The molecule has 0 spiro atoms. The van der Waals surface area contributed by atoms with Crippen molar-refractivity contribution in [2.24, 2.45) is 23.2 Å². The molecular formula is C18H21ClO4. The number of hydrogen-bond donors (Lipinski definition) is 0. The van der Waals surface area contributed by atoms with Crippen molar-refractivity contribution in [1.29, 1.82) is 0 Å². The summed E-state index contributed by atoms with van der Waals surface area (Å²) in [4.78, 5) is 24.3. The molecule has 4 saturated carbocycles. The van der Waals surface area contributed by atoms with Gasteiger partial charge in [-0.15, -0.1) is 11.6 Å². The van der Waals surface area contributed by atoms with Crippen molar-refractivity contribution >= 4 is 17.6 Å². The van der Waals surface area contributed by atoms with Gasteiger partial charge < -0.3 is 9.15 Å². The standard InChI is InChI=1S/C18H21ClO4/c19-9-14-4-15(20)16(10-22-14)23-17(21)8-18-5-11-1-12(6-18)3-13(2-11)7-18/h4,10-13H,1-3,5-9H2. The molecule has 4 bridgehead atoms. The molecule has 1 aromatic heterocycles. The van der Waals surface area contributed by atoms with E-state index in [1.807, 2.05) is 0 Å². The van der Waals surface area contributed by atoms with Crippen LogP contribution in [0.25, 0.3) is 0 Å². The average molecular weight is 337 g/mol. The predicted molar refractivity (Wildman–Crippen MR) is 85.4 cm³/mol. The van der Waals surface area contributed by atoms with E-state index in [4.69, 9.17) is 20.8 Å². The maximum Gasteiger partial charge on any atom is 0.311 e. The highest BCUT2D eigenvalue weighted by Crippen LogP contribution is 2.61. The van der Waals surface area contributed by atoms with E-state index in [1.165, 1.54) is 31.6 Å². The van der Waals surface area contributed by atoms with Crippen LogP contribution in [0.15, 0.2) is 21.5 Å². The van der Waals surface area contributed by atoms with E-state index in [0.717, 1.165) is 37.0 Å². The molecule has 4 nitrogen and oxygen atoms in total. The Kier molecular flexibility index (Phi) is 3.75. The Morgan fingerprint density at radius 2 is 1.83 bits per heavy atom. The van der Waals surface area contributed by atoms with E-state index >= 15 is 0 Å². The van der Waals surface area contributed by atoms with Gasteiger partial charge in [-0.1, -0.05) is 0 Å². The van der Waals surface area contributed by atoms with Crippen LogP contribution in [0.2, 0.25) is 0 Å². The molecule has 0 aromatic carbocycles. The van der Waals surface area contributed by atoms with Gasteiger partial charge in [0.25, 0.3) is 0 Å². The number of rotatable bonds is 4. The molecular weight excluding hydrogens is 316 g/mol. The Labute approximate surface area is 140 Å². The van der Waals surface area contributed by atoms with Crippen molar-refractivity contribution in [2.45, 2.75) is 50.8 Å². The Morgan fingerprint density at radius 1 is 1.22 bits per heavy atom.